The highest BCUT2D eigenvalue weighted by Gasteiger charge is 2.33. The summed E-state index contributed by atoms with van der Waals surface area (Å²) in [5.41, 5.74) is 0. The van der Waals surface area contributed by atoms with Gasteiger partial charge in [0.05, 0.1) is 8.95 Å². The van der Waals surface area contributed by atoms with E-state index in [0.29, 0.717) is 0 Å². The van der Waals surface area contributed by atoms with Crippen LogP contribution in [0.25, 0.3) is 0 Å². The summed E-state index contributed by atoms with van der Waals surface area (Å²) in [6.45, 7) is 0. The summed E-state index contributed by atoms with van der Waals surface area (Å²) in [6, 6.07) is 0. The third-order valence-electron chi connectivity index (χ3n) is 1.76. The molecule has 0 bridgehead atoms. The van der Waals surface area contributed by atoms with Crippen LogP contribution in [0.1, 0.15) is 0 Å². The molecule has 0 aliphatic carbocycles. The molecule has 18 heavy (non-hydrogen) atoms. The number of halogens is 2. The lowest BCUT2D eigenvalue weighted by Crippen LogP contribution is -2.06. The molecule has 0 heterocycles. The van der Waals surface area contributed by atoms with Crippen molar-refractivity contribution in [3.8, 4) is 11.5 Å². The molecule has 0 spiro atoms. The van der Waals surface area contributed by atoms with Crippen LogP contribution in [0.4, 0.5) is 0 Å². The highest BCUT2D eigenvalue weighted by Crippen LogP contribution is 2.47. The normalized spacial score (nSPS) is 12.7. The van der Waals surface area contributed by atoms with E-state index in [4.69, 9.17) is 9.11 Å². The maximum Gasteiger partial charge on any atom is 0.299 e. The lowest BCUT2D eigenvalue weighted by atomic mass is 10.3. The van der Waals surface area contributed by atoms with Gasteiger partial charge in [-0.2, -0.15) is 16.8 Å². The molecule has 0 atom stereocenters. The SMILES string of the molecule is O=S(=O)(O)c1c(O)c(O)c(S(=O)(=O)O)c(Br)c1Br. The van der Waals surface area contributed by atoms with Gasteiger partial charge in [-0.1, -0.05) is 0 Å². The molecule has 0 radical (unpaired) electrons. The second kappa shape index (κ2) is 4.61. The molecule has 0 saturated carbocycles. The fourth-order valence-electron chi connectivity index (χ4n) is 1.09. The van der Waals surface area contributed by atoms with Crippen LogP contribution in [0.5, 0.6) is 11.5 Å². The number of hydrogen-bond acceptors (Lipinski definition) is 6. The molecule has 0 amide bonds. The Kier molecular flexibility index (Phi) is 4.01. The lowest BCUT2D eigenvalue weighted by molar-refractivity contribution is 0.374. The summed E-state index contributed by atoms with van der Waals surface area (Å²) in [5.74, 6) is -2.83. The lowest BCUT2D eigenvalue weighted by Gasteiger charge is -2.12. The first-order valence-corrected chi connectivity index (χ1v) is 8.23. The fourth-order valence-corrected chi connectivity index (χ4v) is 4.69. The Morgan fingerprint density at radius 3 is 1.11 bits per heavy atom. The molecule has 102 valence electrons. The predicted molar refractivity (Wildman–Crippen MR) is 64.8 cm³/mol. The number of rotatable bonds is 2. The monoisotopic (exact) mass is 426 g/mol. The molecule has 1 rings (SSSR count). The summed E-state index contributed by atoms with van der Waals surface area (Å²) in [5, 5.41) is 18.7. The van der Waals surface area contributed by atoms with Gasteiger partial charge < -0.3 is 10.2 Å². The minimum absolute atomic E-state index is 0.576. The molecule has 0 aliphatic heterocycles. The summed E-state index contributed by atoms with van der Waals surface area (Å²) >= 11 is 5.22. The van der Waals surface area contributed by atoms with E-state index in [2.05, 4.69) is 31.9 Å². The minimum atomic E-state index is -4.93. The minimum Gasteiger partial charge on any atom is -0.503 e. The smallest absolute Gasteiger partial charge is 0.299 e. The summed E-state index contributed by atoms with van der Waals surface area (Å²) in [4.78, 5) is -2.28. The third kappa shape index (κ3) is 2.62. The van der Waals surface area contributed by atoms with Crippen molar-refractivity contribution >= 4 is 52.1 Å². The van der Waals surface area contributed by atoms with Crippen LogP contribution in [0.15, 0.2) is 18.7 Å². The van der Waals surface area contributed by atoms with E-state index in [1.54, 1.807) is 0 Å². The maximum atomic E-state index is 11.0. The van der Waals surface area contributed by atoms with Gasteiger partial charge in [-0.25, -0.2) is 0 Å². The van der Waals surface area contributed by atoms with Crippen LogP contribution in [0.2, 0.25) is 0 Å². The van der Waals surface area contributed by atoms with E-state index in [1.165, 1.54) is 0 Å². The zero-order valence-corrected chi connectivity index (χ0v) is 12.8. The quantitative estimate of drug-likeness (QED) is 0.405. The van der Waals surface area contributed by atoms with Gasteiger partial charge in [-0.05, 0) is 31.9 Å². The van der Waals surface area contributed by atoms with Crippen LogP contribution in [0.3, 0.4) is 0 Å². The van der Waals surface area contributed by atoms with E-state index in [1.807, 2.05) is 0 Å². The molecule has 0 saturated heterocycles. The Bertz CT molecular complexity index is 628. The summed E-state index contributed by atoms with van der Waals surface area (Å²) < 4.78 is 60.4. The highest BCUT2D eigenvalue weighted by atomic mass is 79.9. The second-order valence-corrected chi connectivity index (χ2v) is 7.24. The van der Waals surface area contributed by atoms with E-state index in [0.717, 1.165) is 0 Å². The maximum absolute atomic E-state index is 11.0. The molecular formula is C6H4Br2O8S2. The van der Waals surface area contributed by atoms with Gasteiger partial charge in [0.1, 0.15) is 0 Å². The van der Waals surface area contributed by atoms with E-state index >= 15 is 0 Å². The molecule has 0 fully saturated rings. The van der Waals surface area contributed by atoms with Gasteiger partial charge in [0.15, 0.2) is 21.3 Å². The molecule has 0 aliphatic rings. The number of aromatic hydroxyl groups is 2. The summed E-state index contributed by atoms with van der Waals surface area (Å²) in [6.07, 6.45) is 0. The Labute approximate surface area is 118 Å². The molecule has 0 unspecified atom stereocenters. The Morgan fingerprint density at radius 2 is 0.944 bits per heavy atom. The van der Waals surface area contributed by atoms with Gasteiger partial charge in [0, 0.05) is 0 Å². The Morgan fingerprint density at radius 1 is 0.722 bits per heavy atom. The first-order chi connectivity index (χ1) is 7.89. The van der Waals surface area contributed by atoms with Crippen molar-refractivity contribution in [3.05, 3.63) is 8.95 Å². The number of phenols is 2. The highest BCUT2D eigenvalue weighted by molar-refractivity contribution is 9.13. The van der Waals surface area contributed by atoms with Crippen LogP contribution < -0.4 is 0 Å². The van der Waals surface area contributed by atoms with Crippen molar-refractivity contribution < 1.29 is 36.2 Å². The number of hydrogen-bond donors (Lipinski definition) is 4. The van der Waals surface area contributed by atoms with Gasteiger partial charge in [-0.15, -0.1) is 0 Å². The number of benzene rings is 1. The molecular weight excluding hydrogens is 424 g/mol. The van der Waals surface area contributed by atoms with Crippen molar-refractivity contribution in [2.45, 2.75) is 9.79 Å². The van der Waals surface area contributed by atoms with Crippen LogP contribution in [-0.2, 0) is 20.2 Å². The zero-order valence-electron chi connectivity index (χ0n) is 7.99. The van der Waals surface area contributed by atoms with Gasteiger partial charge in [-0.3, -0.25) is 9.11 Å². The van der Waals surface area contributed by atoms with Gasteiger partial charge in [0.25, 0.3) is 20.2 Å². The van der Waals surface area contributed by atoms with E-state index in [9.17, 15) is 27.0 Å². The van der Waals surface area contributed by atoms with Gasteiger partial charge >= 0.3 is 0 Å². The Hall–Kier alpha value is -0.400. The number of phenolic OH excluding ortho intramolecular Hbond substituents is 2. The van der Waals surface area contributed by atoms with E-state index in [-0.39, 0.29) is 0 Å². The van der Waals surface area contributed by atoms with E-state index < -0.39 is 50.5 Å². The molecule has 8 nitrogen and oxygen atoms in total. The van der Waals surface area contributed by atoms with Crippen molar-refractivity contribution in [2.75, 3.05) is 0 Å². The molecule has 1 aromatic carbocycles. The van der Waals surface area contributed by atoms with Crippen molar-refractivity contribution in [1.29, 1.82) is 0 Å². The Balaban J connectivity index is 4.03. The average Bonchev–Trinajstić information content (AvgIpc) is 2.10. The first-order valence-electron chi connectivity index (χ1n) is 3.77. The van der Waals surface area contributed by atoms with Crippen LogP contribution in [0, 0.1) is 0 Å². The van der Waals surface area contributed by atoms with Crippen LogP contribution in [-0.4, -0.2) is 36.2 Å². The fraction of sp³-hybridized carbons (Fsp3) is 0. The molecule has 12 heteroatoms. The first kappa shape index (κ1) is 15.7. The molecule has 0 aromatic heterocycles. The van der Waals surface area contributed by atoms with Crippen molar-refractivity contribution in [1.82, 2.24) is 0 Å². The van der Waals surface area contributed by atoms with Crippen molar-refractivity contribution in [3.63, 3.8) is 0 Å². The van der Waals surface area contributed by atoms with Crippen molar-refractivity contribution in [2.24, 2.45) is 0 Å². The third-order valence-corrected chi connectivity index (χ3v) is 6.23. The second-order valence-electron chi connectivity index (χ2n) is 2.93. The molecule has 4 N–H and O–H groups in total. The topological polar surface area (TPSA) is 149 Å². The van der Waals surface area contributed by atoms with Gasteiger partial charge in [0.2, 0.25) is 0 Å². The molecule has 1 aromatic rings. The average molecular weight is 428 g/mol. The van der Waals surface area contributed by atoms with Crippen LogP contribution >= 0.6 is 31.9 Å². The summed E-state index contributed by atoms with van der Waals surface area (Å²) in [7, 11) is -9.87. The standard InChI is InChI=1S/C6H4Br2O8S2/c7-1-2(8)6(18(14,15)16)4(10)3(9)5(1)17(11,12)13/h9-10H,(H,11,12,13)(H,14,15,16). The largest absolute Gasteiger partial charge is 0.503 e. The zero-order chi connectivity index (χ0) is 14.5. The predicted octanol–water partition coefficient (Wildman–Crippen LogP) is 1.12.